The number of rotatable bonds is 1. The molecule has 18 heavy (non-hydrogen) atoms. The Hall–Kier alpha value is -1.94. The molecule has 2 heterocycles. The van der Waals surface area contributed by atoms with E-state index in [1.165, 1.54) is 4.70 Å². The molecule has 2 N–H and O–H groups in total. The van der Waals surface area contributed by atoms with Crippen molar-refractivity contribution in [3.63, 3.8) is 0 Å². The maximum Gasteiger partial charge on any atom is 0.209 e. The van der Waals surface area contributed by atoms with E-state index in [2.05, 4.69) is 23.2 Å². The molecule has 0 atom stereocenters. The number of aryl methyl sites for hydroxylation is 2. The van der Waals surface area contributed by atoms with Gasteiger partial charge in [-0.2, -0.15) is 0 Å². The third-order valence-electron chi connectivity index (χ3n) is 3.03. The molecule has 0 spiro atoms. The van der Waals surface area contributed by atoms with Crippen molar-refractivity contribution in [1.29, 1.82) is 0 Å². The van der Waals surface area contributed by atoms with E-state index in [1.807, 2.05) is 32.0 Å². The Morgan fingerprint density at radius 3 is 2.44 bits per heavy atom. The average Bonchev–Trinajstić information content (AvgIpc) is 2.79. The molecule has 0 unspecified atom stereocenters. The van der Waals surface area contributed by atoms with Crippen LogP contribution in [0.2, 0.25) is 0 Å². The molecule has 0 bridgehead atoms. The second-order valence-corrected chi connectivity index (χ2v) is 5.41. The third kappa shape index (κ3) is 1.75. The Morgan fingerprint density at radius 1 is 1.11 bits per heavy atom. The van der Waals surface area contributed by atoms with E-state index in [0.29, 0.717) is 0 Å². The molecule has 0 aliphatic carbocycles. The van der Waals surface area contributed by atoms with Crippen LogP contribution >= 0.6 is 11.3 Å². The van der Waals surface area contributed by atoms with Gasteiger partial charge < -0.3 is 0 Å². The second-order valence-electron chi connectivity index (χ2n) is 4.38. The lowest BCUT2D eigenvalue weighted by molar-refractivity contribution is -0.651. The van der Waals surface area contributed by atoms with Crippen molar-refractivity contribution in [3.05, 3.63) is 47.8 Å². The van der Waals surface area contributed by atoms with E-state index in [1.54, 1.807) is 16.0 Å². The number of nitrogens with two attached hydrogens (primary N) is 1. The van der Waals surface area contributed by atoms with Gasteiger partial charge >= 0.3 is 0 Å². The molecule has 90 valence electrons. The maximum absolute atomic E-state index is 5.90. The minimum Gasteiger partial charge on any atom is -0.236 e. The Kier molecular flexibility index (Phi) is 2.52. The van der Waals surface area contributed by atoms with Gasteiger partial charge in [-0.15, -0.1) is 11.3 Å². The average molecular weight is 256 g/mol. The predicted molar refractivity (Wildman–Crippen MR) is 74.9 cm³/mol. The number of para-hydroxylation sites is 1. The minimum atomic E-state index is 1.03. The molecular weight excluding hydrogens is 242 g/mol. The molecule has 0 aliphatic rings. The lowest BCUT2D eigenvalue weighted by Gasteiger charge is -1.99. The van der Waals surface area contributed by atoms with Crippen molar-refractivity contribution < 1.29 is 4.68 Å². The molecular formula is C14H14N3S+. The lowest BCUT2D eigenvalue weighted by atomic mass is 10.2. The molecule has 3 aromatic rings. The number of aromatic nitrogens is 2. The lowest BCUT2D eigenvalue weighted by Crippen LogP contribution is -2.49. The smallest absolute Gasteiger partial charge is 0.209 e. The molecule has 0 amide bonds. The van der Waals surface area contributed by atoms with Gasteiger partial charge in [0.2, 0.25) is 11.4 Å². The highest BCUT2D eigenvalue weighted by Gasteiger charge is 2.13. The van der Waals surface area contributed by atoms with E-state index in [4.69, 9.17) is 5.84 Å². The van der Waals surface area contributed by atoms with Crippen LogP contribution in [0.1, 0.15) is 11.4 Å². The zero-order valence-corrected chi connectivity index (χ0v) is 11.2. The van der Waals surface area contributed by atoms with Crippen LogP contribution < -0.4 is 10.5 Å². The fourth-order valence-corrected chi connectivity index (χ4v) is 2.98. The van der Waals surface area contributed by atoms with Crippen LogP contribution in [0.4, 0.5) is 0 Å². The van der Waals surface area contributed by atoms with Crippen molar-refractivity contribution >= 4 is 21.6 Å². The molecule has 3 rings (SSSR count). The molecule has 0 saturated heterocycles. The summed E-state index contributed by atoms with van der Waals surface area (Å²) in [6.07, 6.45) is 0. The molecule has 0 aliphatic heterocycles. The summed E-state index contributed by atoms with van der Waals surface area (Å²) in [5.74, 6) is 5.90. The number of pyridine rings is 1. The summed E-state index contributed by atoms with van der Waals surface area (Å²) in [7, 11) is 0. The first kappa shape index (κ1) is 11.2. The van der Waals surface area contributed by atoms with Crippen molar-refractivity contribution in [2.75, 3.05) is 5.84 Å². The fraction of sp³-hybridized carbons (Fsp3) is 0.143. The van der Waals surface area contributed by atoms with Crippen molar-refractivity contribution in [3.8, 4) is 10.6 Å². The second kappa shape index (κ2) is 4.07. The van der Waals surface area contributed by atoms with Crippen LogP contribution in [0.25, 0.3) is 20.8 Å². The summed E-state index contributed by atoms with van der Waals surface area (Å²) >= 11 is 1.71. The number of nitrogen functional groups attached to an aromatic ring is 1. The monoisotopic (exact) mass is 256 g/mol. The van der Waals surface area contributed by atoms with Crippen LogP contribution in [0, 0.1) is 13.8 Å². The zero-order chi connectivity index (χ0) is 12.7. The highest BCUT2D eigenvalue weighted by molar-refractivity contribution is 7.21. The summed E-state index contributed by atoms with van der Waals surface area (Å²) in [6, 6.07) is 12.3. The van der Waals surface area contributed by atoms with E-state index in [9.17, 15) is 0 Å². The number of thiazole rings is 1. The van der Waals surface area contributed by atoms with E-state index < -0.39 is 0 Å². The molecule has 0 saturated carbocycles. The Bertz CT molecular complexity index is 675. The first-order chi connectivity index (χ1) is 8.65. The van der Waals surface area contributed by atoms with Crippen LogP contribution in [0.5, 0.6) is 0 Å². The molecule has 2 aromatic heterocycles. The molecule has 0 fully saturated rings. The van der Waals surface area contributed by atoms with Gasteiger partial charge in [0.1, 0.15) is 5.01 Å². The van der Waals surface area contributed by atoms with Crippen molar-refractivity contribution in [1.82, 2.24) is 4.98 Å². The number of hydrogen-bond donors (Lipinski definition) is 1. The Balaban J connectivity index is 2.20. The quantitative estimate of drug-likeness (QED) is 0.537. The highest BCUT2D eigenvalue weighted by atomic mass is 32.1. The van der Waals surface area contributed by atoms with Crippen LogP contribution in [-0.4, -0.2) is 4.98 Å². The minimum absolute atomic E-state index is 1.03. The first-order valence-electron chi connectivity index (χ1n) is 5.79. The summed E-state index contributed by atoms with van der Waals surface area (Å²) in [6.45, 7) is 4.01. The van der Waals surface area contributed by atoms with Gasteiger partial charge in [-0.05, 0) is 12.1 Å². The van der Waals surface area contributed by atoms with Gasteiger partial charge in [-0.25, -0.2) is 10.8 Å². The van der Waals surface area contributed by atoms with Gasteiger partial charge in [0.15, 0.2) is 0 Å². The van der Waals surface area contributed by atoms with E-state index in [-0.39, 0.29) is 0 Å². The van der Waals surface area contributed by atoms with Gasteiger partial charge in [0, 0.05) is 31.5 Å². The zero-order valence-electron chi connectivity index (χ0n) is 10.3. The topological polar surface area (TPSA) is 42.8 Å². The largest absolute Gasteiger partial charge is 0.236 e. The maximum atomic E-state index is 5.90. The summed E-state index contributed by atoms with van der Waals surface area (Å²) in [4.78, 5) is 4.66. The van der Waals surface area contributed by atoms with Gasteiger partial charge in [-0.1, -0.05) is 16.8 Å². The molecule has 3 nitrogen and oxygen atoms in total. The van der Waals surface area contributed by atoms with Crippen molar-refractivity contribution in [2.24, 2.45) is 0 Å². The molecule has 4 heteroatoms. The van der Waals surface area contributed by atoms with Gasteiger partial charge in [0.05, 0.1) is 10.2 Å². The van der Waals surface area contributed by atoms with Gasteiger partial charge in [-0.3, -0.25) is 0 Å². The van der Waals surface area contributed by atoms with Gasteiger partial charge in [0.25, 0.3) is 0 Å². The number of nitrogens with zero attached hydrogens (tertiary/aromatic N) is 2. The summed E-state index contributed by atoms with van der Waals surface area (Å²) < 4.78 is 2.91. The summed E-state index contributed by atoms with van der Waals surface area (Å²) in [5.41, 5.74) is 4.25. The molecule has 0 radical (unpaired) electrons. The summed E-state index contributed by atoms with van der Waals surface area (Å²) in [5, 5.41) is 1.04. The Labute approximate surface area is 109 Å². The van der Waals surface area contributed by atoms with Crippen molar-refractivity contribution in [2.45, 2.75) is 13.8 Å². The number of hydrogen-bond acceptors (Lipinski definition) is 3. The van der Waals surface area contributed by atoms with E-state index >= 15 is 0 Å². The fourth-order valence-electron chi connectivity index (χ4n) is 2.03. The van der Waals surface area contributed by atoms with Crippen LogP contribution in [0.15, 0.2) is 36.4 Å². The Morgan fingerprint density at radius 2 is 1.78 bits per heavy atom. The standard InChI is InChI=1S/C14H14N3S/c1-9-7-11(8-10(2)17(9)15)14-16-12-5-3-4-6-13(12)18-14/h3-8H,15H2,1-2H3/q+1. The molecule has 1 aromatic carbocycles. The number of benzene rings is 1. The first-order valence-corrected chi connectivity index (χ1v) is 6.61. The SMILES string of the molecule is Cc1cc(-c2nc3ccccc3s2)cc(C)[n+]1N. The van der Waals surface area contributed by atoms with Crippen LogP contribution in [-0.2, 0) is 0 Å². The predicted octanol–water partition coefficient (Wildman–Crippen LogP) is 2.58. The number of fused-ring (bicyclic) bond motifs is 1. The van der Waals surface area contributed by atoms with E-state index in [0.717, 1.165) is 27.5 Å². The normalized spacial score (nSPS) is 11.0. The van der Waals surface area contributed by atoms with Crippen LogP contribution in [0.3, 0.4) is 0 Å². The third-order valence-corrected chi connectivity index (χ3v) is 4.12. The highest BCUT2D eigenvalue weighted by Crippen LogP contribution is 2.30.